The lowest BCUT2D eigenvalue weighted by atomic mass is 10.00. The van der Waals surface area contributed by atoms with Crippen LogP contribution in [-0.4, -0.2) is 65.7 Å². The molecule has 0 aliphatic heterocycles. The van der Waals surface area contributed by atoms with Gasteiger partial charge >= 0.3 is 0 Å². The fourth-order valence-electron chi connectivity index (χ4n) is 4.00. The number of fused-ring (bicyclic) bond motifs is 1. The van der Waals surface area contributed by atoms with Gasteiger partial charge in [0.05, 0.1) is 17.0 Å². The van der Waals surface area contributed by atoms with Gasteiger partial charge in [-0.3, -0.25) is 4.79 Å². The highest BCUT2D eigenvalue weighted by Gasteiger charge is 2.20. The third kappa shape index (κ3) is 5.44. The molecule has 35 heavy (non-hydrogen) atoms. The summed E-state index contributed by atoms with van der Waals surface area (Å²) in [5.41, 5.74) is 5.50. The number of nitrogens with one attached hydrogen (secondary N) is 1. The van der Waals surface area contributed by atoms with Crippen LogP contribution in [0, 0.1) is 0 Å². The van der Waals surface area contributed by atoms with Crippen LogP contribution in [0.3, 0.4) is 0 Å². The van der Waals surface area contributed by atoms with Crippen molar-refractivity contribution < 1.29 is 9.90 Å². The Morgan fingerprint density at radius 2 is 1.66 bits per heavy atom. The van der Waals surface area contributed by atoms with E-state index in [4.69, 9.17) is 4.99 Å². The van der Waals surface area contributed by atoms with Crippen molar-refractivity contribution in [3.05, 3.63) is 95.1 Å². The first-order chi connectivity index (χ1) is 16.9. The molecule has 6 heteroatoms. The summed E-state index contributed by atoms with van der Waals surface area (Å²) >= 11 is 0. The Bertz CT molecular complexity index is 1340. The maximum absolute atomic E-state index is 12.6. The summed E-state index contributed by atoms with van der Waals surface area (Å²) in [6, 6.07) is 23.5. The average Bonchev–Trinajstić information content (AvgIpc) is 3.20. The topological polar surface area (TPSA) is 71.9 Å². The number of likely N-dealkylation sites (N-methyl/N-ethyl adjacent to an activating group) is 1. The summed E-state index contributed by atoms with van der Waals surface area (Å²) in [6.07, 6.45) is 0.972. The molecule has 0 aliphatic rings. The second-order valence-electron chi connectivity index (χ2n) is 8.97. The van der Waals surface area contributed by atoms with Crippen molar-refractivity contribution in [1.29, 1.82) is 0 Å². The van der Waals surface area contributed by atoms with Crippen LogP contribution in [0.4, 0.5) is 5.69 Å². The Balaban J connectivity index is 1.78. The van der Waals surface area contributed by atoms with Gasteiger partial charge in [0, 0.05) is 42.2 Å². The summed E-state index contributed by atoms with van der Waals surface area (Å²) in [4.78, 5) is 24.5. The zero-order chi connectivity index (χ0) is 24.9. The van der Waals surface area contributed by atoms with Crippen molar-refractivity contribution in [2.24, 2.45) is 4.99 Å². The van der Waals surface area contributed by atoms with Crippen LogP contribution in [0.1, 0.15) is 34.0 Å². The molecule has 6 nitrogen and oxygen atoms in total. The summed E-state index contributed by atoms with van der Waals surface area (Å²) in [5.74, 6) is -0.0324. The van der Waals surface area contributed by atoms with Crippen molar-refractivity contribution >= 4 is 28.2 Å². The van der Waals surface area contributed by atoms with Crippen molar-refractivity contribution in [2.75, 3.05) is 34.2 Å². The molecule has 0 unspecified atom stereocenters. The van der Waals surface area contributed by atoms with Crippen molar-refractivity contribution in [2.45, 2.75) is 13.3 Å². The van der Waals surface area contributed by atoms with Gasteiger partial charge in [-0.25, -0.2) is 4.99 Å². The fourth-order valence-corrected chi connectivity index (χ4v) is 4.00. The Hall–Kier alpha value is -3.90. The second-order valence-corrected chi connectivity index (χ2v) is 8.97. The van der Waals surface area contributed by atoms with E-state index in [0.29, 0.717) is 28.9 Å². The number of benzene rings is 3. The van der Waals surface area contributed by atoms with Gasteiger partial charge in [-0.05, 0) is 57.3 Å². The molecular formula is C29H32N4O2. The molecule has 0 saturated heterocycles. The number of amides is 1. The molecule has 0 bridgehead atoms. The lowest BCUT2D eigenvalue weighted by Gasteiger charge is -2.14. The van der Waals surface area contributed by atoms with Gasteiger partial charge in [0.2, 0.25) is 0 Å². The number of aromatic hydroxyl groups is 1. The lowest BCUT2D eigenvalue weighted by molar-refractivity contribution is 0.0802. The number of H-pyrrole nitrogens is 1. The van der Waals surface area contributed by atoms with E-state index in [2.05, 4.69) is 36.1 Å². The van der Waals surface area contributed by atoms with E-state index in [1.165, 1.54) is 5.56 Å². The molecule has 0 aliphatic carbocycles. The molecule has 0 atom stereocenters. The van der Waals surface area contributed by atoms with Gasteiger partial charge in [0.1, 0.15) is 0 Å². The SMILES string of the molecule is CCN(C)C(=O)c1ccc2c(C(=Nc3ccc(CCN(C)C)cc3)c3ccccc3)c(O)[nH]c2c1. The Kier molecular flexibility index (Phi) is 7.32. The van der Waals surface area contributed by atoms with Crippen molar-refractivity contribution in [3.8, 4) is 5.88 Å². The lowest BCUT2D eigenvalue weighted by Crippen LogP contribution is -2.26. The molecule has 0 radical (unpaired) electrons. The van der Waals surface area contributed by atoms with Gasteiger partial charge in [0.25, 0.3) is 5.91 Å². The standard InChI is InChI=1S/C29H32N4O2/c1-5-33(4)29(35)22-13-16-24-25(19-22)31-28(34)26(24)27(21-9-7-6-8-10-21)30-23-14-11-20(12-15-23)17-18-32(2)3/h6-16,19,31,34H,5,17-18H2,1-4H3. The summed E-state index contributed by atoms with van der Waals surface area (Å²) in [7, 11) is 5.91. The van der Waals surface area contributed by atoms with E-state index in [0.717, 1.165) is 29.6 Å². The number of carbonyl (C=O) groups excluding carboxylic acids is 1. The quantitative estimate of drug-likeness (QED) is 0.348. The van der Waals surface area contributed by atoms with Crippen LogP contribution in [0.25, 0.3) is 10.9 Å². The van der Waals surface area contributed by atoms with Gasteiger partial charge in [-0.2, -0.15) is 0 Å². The van der Waals surface area contributed by atoms with Crippen molar-refractivity contribution in [3.63, 3.8) is 0 Å². The minimum absolute atomic E-state index is 0.0265. The molecule has 1 aromatic heterocycles. The van der Waals surface area contributed by atoms with Crippen LogP contribution in [-0.2, 0) is 6.42 Å². The maximum atomic E-state index is 12.6. The van der Waals surface area contributed by atoms with E-state index in [1.807, 2.05) is 55.5 Å². The predicted molar refractivity (Wildman–Crippen MR) is 143 cm³/mol. The van der Waals surface area contributed by atoms with E-state index in [-0.39, 0.29) is 11.8 Å². The van der Waals surface area contributed by atoms with E-state index in [1.54, 1.807) is 24.1 Å². The molecule has 1 heterocycles. The number of nitrogens with zero attached hydrogens (tertiary/aromatic N) is 3. The molecular weight excluding hydrogens is 436 g/mol. The Morgan fingerprint density at radius 1 is 0.943 bits per heavy atom. The molecule has 1 amide bonds. The van der Waals surface area contributed by atoms with Crippen molar-refractivity contribution in [1.82, 2.24) is 14.8 Å². The normalized spacial score (nSPS) is 11.9. The Morgan fingerprint density at radius 3 is 2.31 bits per heavy atom. The third-order valence-corrected chi connectivity index (χ3v) is 6.16. The molecule has 0 fully saturated rings. The number of aromatic nitrogens is 1. The number of aliphatic imine (C=N–C) groups is 1. The highest BCUT2D eigenvalue weighted by Crippen LogP contribution is 2.32. The van der Waals surface area contributed by atoms with Gasteiger partial charge in [-0.15, -0.1) is 0 Å². The molecule has 180 valence electrons. The first-order valence-electron chi connectivity index (χ1n) is 11.9. The largest absolute Gasteiger partial charge is 0.494 e. The monoisotopic (exact) mass is 468 g/mol. The minimum atomic E-state index is -0.0589. The first kappa shape index (κ1) is 24.2. The highest BCUT2D eigenvalue weighted by atomic mass is 16.3. The zero-order valence-corrected chi connectivity index (χ0v) is 20.7. The predicted octanol–water partition coefficient (Wildman–Crippen LogP) is 5.24. The van der Waals surface area contributed by atoms with E-state index >= 15 is 0 Å². The number of carbonyl (C=O) groups is 1. The van der Waals surface area contributed by atoms with Crippen LogP contribution in [0.15, 0.2) is 77.8 Å². The second kappa shape index (κ2) is 10.6. The third-order valence-electron chi connectivity index (χ3n) is 6.16. The molecule has 2 N–H and O–H groups in total. The highest BCUT2D eigenvalue weighted by molar-refractivity contribution is 6.22. The number of rotatable bonds is 8. The molecule has 0 saturated carbocycles. The van der Waals surface area contributed by atoms with Crippen LogP contribution >= 0.6 is 0 Å². The first-order valence-corrected chi connectivity index (χ1v) is 11.9. The molecule has 4 aromatic rings. The minimum Gasteiger partial charge on any atom is -0.494 e. The number of hydrogen-bond donors (Lipinski definition) is 2. The smallest absolute Gasteiger partial charge is 0.253 e. The van der Waals surface area contributed by atoms with Gasteiger partial charge in [0.15, 0.2) is 5.88 Å². The Labute approximate surface area is 206 Å². The average molecular weight is 469 g/mol. The fraction of sp³-hybridized carbons (Fsp3) is 0.241. The van der Waals surface area contributed by atoms with Crippen LogP contribution < -0.4 is 0 Å². The van der Waals surface area contributed by atoms with Crippen LogP contribution in [0.2, 0.25) is 0 Å². The maximum Gasteiger partial charge on any atom is 0.253 e. The summed E-state index contributed by atoms with van der Waals surface area (Å²) in [6.45, 7) is 3.54. The number of hydrogen-bond acceptors (Lipinski definition) is 4. The van der Waals surface area contributed by atoms with Gasteiger partial charge < -0.3 is 19.9 Å². The van der Waals surface area contributed by atoms with Gasteiger partial charge in [-0.1, -0.05) is 48.5 Å². The van der Waals surface area contributed by atoms with E-state index < -0.39 is 0 Å². The summed E-state index contributed by atoms with van der Waals surface area (Å²) < 4.78 is 0. The zero-order valence-electron chi connectivity index (χ0n) is 20.7. The molecule has 0 spiro atoms. The molecule has 4 rings (SSSR count). The number of aromatic amines is 1. The summed E-state index contributed by atoms with van der Waals surface area (Å²) in [5, 5.41) is 11.8. The van der Waals surface area contributed by atoms with Crippen LogP contribution in [0.5, 0.6) is 5.88 Å². The molecule has 3 aromatic carbocycles. The van der Waals surface area contributed by atoms with E-state index in [9.17, 15) is 9.90 Å².